The number of carbonyl (C=O) groups excluding carboxylic acids is 3. The number of aromatic nitrogens is 2. The molecule has 1 unspecified atom stereocenters. The fourth-order valence-electron chi connectivity index (χ4n) is 9.08. The number of carbonyl (C=O) groups is 3. The number of aryl methyl sites for hydroxylation is 1. The summed E-state index contributed by atoms with van der Waals surface area (Å²) in [6, 6.07) is 13.7. The standard InChI is InChI=1S/C45H55ClN10O7S/c1-5-29-24-35(49-45-47-26-33(46)42(51-45)48-34-7-6-8-38(62-2)41(34)52-64(4,60)61)39(63-3)25-37(29)55-17-14-31(15-18-55)54-21-19-53(20-22-54)16-13-28-9-10-32-30(23-28)27-56(44(32)59)36-11-12-40(57)50-43(36)58/h6-10,23-26,31,36,52H,5,11-22,27H2,1-4H3,(H,50,57,58)(H2,47,48,49,51)/i2D3,4D3. The van der Waals surface area contributed by atoms with Crippen molar-refractivity contribution in [2.24, 2.45) is 0 Å². The molecule has 0 radical (unpaired) electrons. The van der Waals surface area contributed by atoms with Crippen LogP contribution in [0.2, 0.25) is 5.02 Å². The van der Waals surface area contributed by atoms with Crippen LogP contribution in [0, 0.1) is 0 Å². The summed E-state index contributed by atoms with van der Waals surface area (Å²) in [6.07, 6.45) is 1.98. The van der Waals surface area contributed by atoms with Gasteiger partial charge in [0.1, 0.15) is 28.3 Å². The maximum atomic E-state index is 13.1. The number of halogens is 1. The lowest BCUT2D eigenvalue weighted by Gasteiger charge is -2.43. The van der Waals surface area contributed by atoms with Gasteiger partial charge in [0.15, 0.2) is 5.82 Å². The Morgan fingerprint density at radius 1 is 0.953 bits per heavy atom. The third-order valence-electron chi connectivity index (χ3n) is 12.4. The molecule has 3 amide bonds. The van der Waals surface area contributed by atoms with Crippen LogP contribution in [0.25, 0.3) is 0 Å². The van der Waals surface area contributed by atoms with Crippen molar-refractivity contribution in [2.75, 3.05) is 86.4 Å². The molecule has 64 heavy (non-hydrogen) atoms. The first-order valence-electron chi connectivity index (χ1n) is 24.3. The van der Waals surface area contributed by atoms with Crippen LogP contribution in [0.15, 0.2) is 54.7 Å². The van der Waals surface area contributed by atoms with E-state index in [9.17, 15) is 22.8 Å². The lowest BCUT2D eigenvalue weighted by molar-refractivity contribution is -0.136. The molecule has 8 rings (SSSR count). The number of piperidine rings is 2. The molecule has 4 aliphatic rings. The predicted molar refractivity (Wildman–Crippen MR) is 247 cm³/mol. The van der Waals surface area contributed by atoms with Gasteiger partial charge in [0, 0.05) is 86.3 Å². The fourth-order valence-corrected chi connectivity index (χ4v) is 9.69. The Morgan fingerprint density at radius 2 is 1.77 bits per heavy atom. The van der Waals surface area contributed by atoms with E-state index in [4.69, 9.17) is 29.3 Å². The number of fused-ring (bicyclic) bond motifs is 1. The van der Waals surface area contributed by atoms with Crippen LogP contribution >= 0.6 is 11.6 Å². The fraction of sp³-hybridized carbons (Fsp3) is 0.444. The number of nitrogens with one attached hydrogen (secondary N) is 4. The number of sulfonamides is 1. The van der Waals surface area contributed by atoms with E-state index >= 15 is 0 Å². The number of para-hydroxylation sites is 1. The van der Waals surface area contributed by atoms with Gasteiger partial charge in [-0.25, -0.2) is 13.4 Å². The SMILES string of the molecule is [2H]C([2H])([2H])Oc1cccc(Nc2nc(Nc3cc(CC)c(N4CCC(N5CCN(CCc6ccc7c(c6)CN(C6CCC(=O)NC6=O)C7=O)CC5)CC4)cc3OC)ncc2Cl)c1NS(=O)(=O)C([2H])([2H])[2H]. The van der Waals surface area contributed by atoms with E-state index in [1.165, 1.54) is 24.4 Å². The van der Waals surface area contributed by atoms with Gasteiger partial charge in [-0.1, -0.05) is 36.7 Å². The number of imide groups is 1. The zero-order chi connectivity index (χ0) is 50.1. The summed E-state index contributed by atoms with van der Waals surface area (Å²) >= 11 is 6.49. The third-order valence-corrected chi connectivity index (χ3v) is 13.2. The summed E-state index contributed by atoms with van der Waals surface area (Å²) in [5.41, 5.74) is 4.84. The van der Waals surface area contributed by atoms with Gasteiger partial charge in [-0.05, 0) is 73.1 Å². The molecule has 3 saturated heterocycles. The highest BCUT2D eigenvalue weighted by Gasteiger charge is 2.39. The molecule has 4 aromatic rings. The van der Waals surface area contributed by atoms with Crippen molar-refractivity contribution in [3.05, 3.63) is 82.0 Å². The van der Waals surface area contributed by atoms with Gasteiger partial charge in [-0.2, -0.15) is 4.98 Å². The molecular formula is C45H55ClN10O7S. The molecule has 0 spiro atoms. The highest BCUT2D eigenvalue weighted by Crippen LogP contribution is 2.39. The second-order valence-electron chi connectivity index (χ2n) is 16.3. The molecule has 1 aromatic heterocycles. The number of rotatable bonds is 15. The normalized spacial score (nSPS) is 20.5. The maximum absolute atomic E-state index is 13.1. The summed E-state index contributed by atoms with van der Waals surface area (Å²) in [7, 11) is -6.46. The second kappa shape index (κ2) is 19.2. The number of hydrogen-bond donors (Lipinski definition) is 4. The van der Waals surface area contributed by atoms with Crippen molar-refractivity contribution in [3.63, 3.8) is 0 Å². The van der Waals surface area contributed by atoms with Gasteiger partial charge >= 0.3 is 0 Å². The molecule has 19 heteroatoms. The first-order valence-corrected chi connectivity index (χ1v) is 23.2. The molecular weight excluding hydrogens is 860 g/mol. The average Bonchev–Trinajstić information content (AvgIpc) is 3.64. The second-order valence-corrected chi connectivity index (χ2v) is 17.9. The molecule has 0 saturated carbocycles. The van der Waals surface area contributed by atoms with Crippen LogP contribution in [0.5, 0.6) is 11.5 Å². The Kier molecular flexibility index (Phi) is 11.3. The number of benzene rings is 3. The number of nitrogens with zero attached hydrogens (tertiary/aromatic N) is 6. The average molecular weight is 922 g/mol. The predicted octanol–water partition coefficient (Wildman–Crippen LogP) is 5.16. The molecule has 17 nitrogen and oxygen atoms in total. The quantitative estimate of drug-likeness (QED) is 0.115. The topological polar surface area (TPSA) is 191 Å². The Labute approximate surface area is 387 Å². The molecule has 3 aromatic carbocycles. The molecule has 0 bridgehead atoms. The van der Waals surface area contributed by atoms with Crippen LogP contribution in [0.4, 0.5) is 34.5 Å². The number of methoxy groups -OCH3 is 2. The summed E-state index contributed by atoms with van der Waals surface area (Å²) in [4.78, 5) is 55.2. The first kappa shape index (κ1) is 37.7. The zero-order valence-corrected chi connectivity index (χ0v) is 37.2. The summed E-state index contributed by atoms with van der Waals surface area (Å²) in [5.74, 6) is -0.727. The Morgan fingerprint density at radius 3 is 2.50 bits per heavy atom. The molecule has 4 N–H and O–H groups in total. The molecule has 4 aliphatic heterocycles. The highest BCUT2D eigenvalue weighted by molar-refractivity contribution is 7.92. The van der Waals surface area contributed by atoms with Crippen molar-refractivity contribution >= 4 is 73.9 Å². The van der Waals surface area contributed by atoms with Gasteiger partial charge in [-0.15, -0.1) is 0 Å². The number of ether oxygens (including phenoxy) is 2. The Hall–Kier alpha value is -5.69. The Balaban J connectivity index is 0.864. The molecule has 5 heterocycles. The van der Waals surface area contributed by atoms with Crippen molar-refractivity contribution < 1.29 is 40.5 Å². The number of anilines is 6. The zero-order valence-electron chi connectivity index (χ0n) is 41.6. The molecule has 1 atom stereocenters. The van der Waals surface area contributed by atoms with E-state index in [0.29, 0.717) is 36.0 Å². The lowest BCUT2D eigenvalue weighted by atomic mass is 9.99. The van der Waals surface area contributed by atoms with Gasteiger partial charge in [-0.3, -0.25) is 29.3 Å². The molecule has 0 aliphatic carbocycles. The van der Waals surface area contributed by atoms with Crippen molar-refractivity contribution in [2.45, 2.75) is 64.1 Å². The monoisotopic (exact) mass is 920 g/mol. The Bertz CT molecular complexity index is 2750. The van der Waals surface area contributed by atoms with Crippen LogP contribution in [0.1, 0.15) is 67.9 Å². The minimum absolute atomic E-state index is 0.00857. The van der Waals surface area contributed by atoms with E-state index in [-0.39, 0.29) is 40.7 Å². The van der Waals surface area contributed by atoms with Gasteiger partial charge in [0.2, 0.25) is 27.8 Å². The molecule has 340 valence electrons. The number of amides is 3. The largest absolute Gasteiger partial charge is 0.494 e. The van der Waals surface area contributed by atoms with Gasteiger partial charge < -0.3 is 34.8 Å². The summed E-state index contributed by atoms with van der Waals surface area (Å²) in [5, 5.41) is 8.44. The van der Waals surface area contributed by atoms with E-state index in [2.05, 4.69) is 53.6 Å². The minimum atomic E-state index is -5.03. The summed E-state index contributed by atoms with van der Waals surface area (Å²) < 4.78 is 83.4. The highest BCUT2D eigenvalue weighted by atomic mass is 35.5. The van der Waals surface area contributed by atoms with E-state index in [1.807, 2.05) is 29.0 Å². The van der Waals surface area contributed by atoms with Crippen molar-refractivity contribution in [1.29, 1.82) is 0 Å². The summed E-state index contributed by atoms with van der Waals surface area (Å²) in [6.45, 7) is 9.01. The third kappa shape index (κ3) is 9.99. The maximum Gasteiger partial charge on any atom is 0.255 e. The van der Waals surface area contributed by atoms with Crippen LogP contribution < -0.4 is 35.0 Å². The van der Waals surface area contributed by atoms with Gasteiger partial charge in [0.25, 0.3) is 5.91 Å². The van der Waals surface area contributed by atoms with E-state index in [1.54, 1.807) is 12.0 Å². The molecule has 3 fully saturated rings. The van der Waals surface area contributed by atoms with Crippen LogP contribution in [-0.2, 0) is 39.0 Å². The first-order chi connectivity index (χ1) is 33.2. The van der Waals surface area contributed by atoms with Crippen LogP contribution in [-0.4, -0.2) is 129 Å². The smallest absolute Gasteiger partial charge is 0.255 e. The van der Waals surface area contributed by atoms with E-state index < -0.39 is 46.6 Å². The van der Waals surface area contributed by atoms with Crippen molar-refractivity contribution in [3.8, 4) is 11.5 Å². The van der Waals surface area contributed by atoms with Crippen molar-refractivity contribution in [1.82, 2.24) is 30.0 Å². The minimum Gasteiger partial charge on any atom is -0.494 e. The number of piperazine rings is 1. The lowest BCUT2D eigenvalue weighted by Crippen LogP contribution is -2.53. The van der Waals surface area contributed by atoms with E-state index in [0.717, 1.165) is 93.9 Å². The number of hydrogen-bond acceptors (Lipinski definition) is 14. The van der Waals surface area contributed by atoms with Gasteiger partial charge in [0.05, 0.1) is 42.0 Å². The van der Waals surface area contributed by atoms with Crippen LogP contribution in [0.3, 0.4) is 0 Å².